The molecule has 4 rings (SSSR count). The van der Waals surface area contributed by atoms with Crippen molar-refractivity contribution in [3.05, 3.63) is 47.0 Å². The van der Waals surface area contributed by atoms with Crippen LogP contribution in [0, 0.1) is 0 Å². The molecule has 0 saturated carbocycles. The highest BCUT2D eigenvalue weighted by Crippen LogP contribution is 2.38. The van der Waals surface area contributed by atoms with Crippen molar-refractivity contribution in [1.82, 2.24) is 0 Å². The van der Waals surface area contributed by atoms with E-state index in [1.807, 2.05) is 0 Å². The summed E-state index contributed by atoms with van der Waals surface area (Å²) in [6.07, 6.45) is 2.47. The number of hydrogen-bond donors (Lipinski definition) is 2. The van der Waals surface area contributed by atoms with Gasteiger partial charge >= 0.3 is 0 Å². The zero-order chi connectivity index (χ0) is 19.7. The van der Waals surface area contributed by atoms with E-state index in [2.05, 4.69) is 10.6 Å². The van der Waals surface area contributed by atoms with Gasteiger partial charge in [0.15, 0.2) is 17.6 Å². The van der Waals surface area contributed by atoms with Crippen molar-refractivity contribution in [3.63, 3.8) is 0 Å². The Morgan fingerprint density at radius 2 is 2.04 bits per heavy atom. The maximum Gasteiger partial charge on any atom is 0.265 e. The number of carbonyl (C=O) groups is 2. The number of fused-ring (bicyclic) bond motifs is 2. The van der Waals surface area contributed by atoms with Gasteiger partial charge in [-0.1, -0.05) is 11.6 Å². The zero-order valence-corrected chi connectivity index (χ0v) is 15.7. The summed E-state index contributed by atoms with van der Waals surface area (Å²) in [6, 6.07) is 8.51. The summed E-state index contributed by atoms with van der Waals surface area (Å²) in [5.41, 5.74) is 1.76. The number of hydrogen-bond acceptors (Lipinski definition) is 5. The molecule has 7 nitrogen and oxygen atoms in total. The molecule has 0 aromatic heterocycles. The monoisotopic (exact) mass is 400 g/mol. The van der Waals surface area contributed by atoms with Gasteiger partial charge < -0.3 is 24.8 Å². The standard InChI is InChI=1S/C20H17ClN2O5/c1-11-20(25)23-15-10-13(3-4-16(15)28-11)22-18(24)5-2-12-8-14(21)19-17(9-12)26-6-7-27-19/h2-5,8-11H,6-7H2,1H3,(H,22,24)(H,23,25)/b5-2+/t11-/m1/s1. The molecular weight excluding hydrogens is 384 g/mol. The Balaban J connectivity index is 1.46. The third-order valence-corrected chi connectivity index (χ3v) is 4.51. The Morgan fingerprint density at radius 3 is 2.89 bits per heavy atom. The molecular formula is C20H17ClN2O5. The number of nitrogens with one attached hydrogen (secondary N) is 2. The molecule has 8 heteroatoms. The van der Waals surface area contributed by atoms with Crippen molar-refractivity contribution in [2.45, 2.75) is 13.0 Å². The predicted octanol–water partition coefficient (Wildman–Crippen LogP) is 3.48. The minimum absolute atomic E-state index is 0.230. The van der Waals surface area contributed by atoms with Gasteiger partial charge in [0.1, 0.15) is 19.0 Å². The fourth-order valence-electron chi connectivity index (χ4n) is 2.87. The Bertz CT molecular complexity index is 989. The highest BCUT2D eigenvalue weighted by molar-refractivity contribution is 6.32. The number of rotatable bonds is 3. The normalized spacial score (nSPS) is 17.5. The number of carbonyl (C=O) groups excluding carboxylic acids is 2. The summed E-state index contributed by atoms with van der Waals surface area (Å²) in [7, 11) is 0. The first-order chi connectivity index (χ1) is 13.5. The second-order valence-electron chi connectivity index (χ2n) is 6.31. The van der Waals surface area contributed by atoms with E-state index in [-0.39, 0.29) is 11.8 Å². The molecule has 0 unspecified atom stereocenters. The Morgan fingerprint density at radius 1 is 1.21 bits per heavy atom. The molecule has 2 aliphatic heterocycles. The van der Waals surface area contributed by atoms with Gasteiger partial charge in [0.25, 0.3) is 5.91 Å². The van der Waals surface area contributed by atoms with Gasteiger partial charge in [0, 0.05) is 11.8 Å². The van der Waals surface area contributed by atoms with E-state index >= 15 is 0 Å². The van der Waals surface area contributed by atoms with E-state index in [1.165, 1.54) is 6.08 Å². The summed E-state index contributed by atoms with van der Waals surface area (Å²) in [5.74, 6) is 1.07. The Hall–Kier alpha value is -3.19. The van der Waals surface area contributed by atoms with E-state index in [4.69, 9.17) is 25.8 Å². The predicted molar refractivity (Wildman–Crippen MR) is 105 cm³/mol. The van der Waals surface area contributed by atoms with E-state index in [1.54, 1.807) is 43.3 Å². The second-order valence-corrected chi connectivity index (χ2v) is 6.72. The van der Waals surface area contributed by atoms with Crippen LogP contribution in [0.2, 0.25) is 5.02 Å². The number of anilines is 2. The van der Waals surface area contributed by atoms with Crippen molar-refractivity contribution in [1.29, 1.82) is 0 Å². The highest BCUT2D eigenvalue weighted by Gasteiger charge is 2.23. The molecule has 2 aromatic rings. The second kappa shape index (κ2) is 7.44. The van der Waals surface area contributed by atoms with Crippen LogP contribution in [0.25, 0.3) is 6.08 Å². The first kappa shape index (κ1) is 18.2. The molecule has 0 saturated heterocycles. The number of amides is 2. The summed E-state index contributed by atoms with van der Waals surface area (Å²) >= 11 is 6.20. The summed E-state index contributed by atoms with van der Waals surface area (Å²) < 4.78 is 16.5. The molecule has 2 aromatic carbocycles. The average Bonchev–Trinajstić information content (AvgIpc) is 2.68. The average molecular weight is 401 g/mol. The Labute approximate surface area is 166 Å². The lowest BCUT2D eigenvalue weighted by Gasteiger charge is -2.23. The SMILES string of the molecule is C[C@H]1Oc2ccc(NC(=O)/C=C/c3cc(Cl)c4c(c3)OCCO4)cc2NC1=O. The van der Waals surface area contributed by atoms with Crippen LogP contribution in [0.5, 0.6) is 17.2 Å². The van der Waals surface area contributed by atoms with Crippen molar-refractivity contribution >= 4 is 40.9 Å². The van der Waals surface area contributed by atoms with Gasteiger partial charge in [-0.05, 0) is 48.9 Å². The van der Waals surface area contributed by atoms with Crippen LogP contribution >= 0.6 is 11.6 Å². The van der Waals surface area contributed by atoms with Gasteiger partial charge in [0.2, 0.25) is 5.91 Å². The topological polar surface area (TPSA) is 85.9 Å². The number of ether oxygens (including phenoxy) is 3. The lowest BCUT2D eigenvalue weighted by atomic mass is 10.1. The van der Waals surface area contributed by atoms with Crippen LogP contribution in [0.3, 0.4) is 0 Å². The van der Waals surface area contributed by atoms with E-state index < -0.39 is 6.10 Å². The zero-order valence-electron chi connectivity index (χ0n) is 15.0. The van der Waals surface area contributed by atoms with Gasteiger partial charge in [-0.25, -0.2) is 0 Å². The van der Waals surface area contributed by atoms with Crippen LogP contribution in [0.15, 0.2) is 36.4 Å². The fourth-order valence-corrected chi connectivity index (χ4v) is 3.14. The lowest BCUT2D eigenvalue weighted by molar-refractivity contribution is -0.122. The molecule has 0 spiro atoms. The van der Waals surface area contributed by atoms with Crippen molar-refractivity contribution < 1.29 is 23.8 Å². The summed E-state index contributed by atoms with van der Waals surface area (Å²) in [5, 5.41) is 5.91. The molecule has 0 aliphatic carbocycles. The first-order valence-electron chi connectivity index (χ1n) is 8.69. The number of benzene rings is 2. The molecule has 1 atom stereocenters. The van der Waals surface area contributed by atoms with E-state index in [0.29, 0.717) is 52.4 Å². The van der Waals surface area contributed by atoms with E-state index in [0.717, 1.165) is 0 Å². The Kier molecular flexibility index (Phi) is 4.83. The fraction of sp³-hybridized carbons (Fsp3) is 0.200. The molecule has 2 heterocycles. The van der Waals surface area contributed by atoms with Crippen molar-refractivity contribution in [2.75, 3.05) is 23.8 Å². The van der Waals surface area contributed by atoms with Gasteiger partial charge in [0.05, 0.1) is 10.7 Å². The van der Waals surface area contributed by atoms with Crippen LogP contribution in [0.4, 0.5) is 11.4 Å². The molecule has 0 bridgehead atoms. The largest absolute Gasteiger partial charge is 0.486 e. The van der Waals surface area contributed by atoms with Crippen LogP contribution in [0.1, 0.15) is 12.5 Å². The van der Waals surface area contributed by atoms with Gasteiger partial charge in [-0.15, -0.1) is 0 Å². The molecule has 144 valence electrons. The van der Waals surface area contributed by atoms with Gasteiger partial charge in [-0.2, -0.15) is 0 Å². The third kappa shape index (κ3) is 3.75. The first-order valence-corrected chi connectivity index (χ1v) is 9.07. The highest BCUT2D eigenvalue weighted by atomic mass is 35.5. The summed E-state index contributed by atoms with van der Waals surface area (Å²) in [6.45, 7) is 2.58. The van der Waals surface area contributed by atoms with Crippen LogP contribution in [-0.4, -0.2) is 31.1 Å². The van der Waals surface area contributed by atoms with Crippen LogP contribution < -0.4 is 24.8 Å². The van der Waals surface area contributed by atoms with Crippen molar-refractivity contribution in [3.8, 4) is 17.2 Å². The van der Waals surface area contributed by atoms with Crippen LogP contribution in [-0.2, 0) is 9.59 Å². The van der Waals surface area contributed by atoms with Crippen molar-refractivity contribution in [2.24, 2.45) is 0 Å². The van der Waals surface area contributed by atoms with Gasteiger partial charge in [-0.3, -0.25) is 9.59 Å². The summed E-state index contributed by atoms with van der Waals surface area (Å²) in [4.78, 5) is 24.0. The minimum Gasteiger partial charge on any atom is -0.486 e. The third-order valence-electron chi connectivity index (χ3n) is 4.22. The smallest absolute Gasteiger partial charge is 0.265 e. The lowest BCUT2D eigenvalue weighted by Crippen LogP contribution is -2.34. The molecule has 28 heavy (non-hydrogen) atoms. The minimum atomic E-state index is -0.548. The molecule has 2 aliphatic rings. The quantitative estimate of drug-likeness (QED) is 0.770. The maximum atomic E-state index is 12.2. The molecule has 0 radical (unpaired) electrons. The van der Waals surface area contributed by atoms with E-state index in [9.17, 15) is 9.59 Å². The number of halogens is 1. The molecule has 0 fully saturated rings. The molecule has 2 N–H and O–H groups in total. The molecule has 2 amide bonds. The maximum absolute atomic E-state index is 12.2.